The van der Waals surface area contributed by atoms with E-state index >= 15 is 0 Å². The van der Waals surface area contributed by atoms with Gasteiger partial charge < -0.3 is 11.5 Å². The molecule has 26 heavy (non-hydrogen) atoms. The minimum atomic E-state index is -3.74. The fraction of sp³-hybridized carbons (Fsp3) is 0. The summed E-state index contributed by atoms with van der Waals surface area (Å²) in [5.74, 6) is -0.572. The smallest absolute Gasteiger partial charge is 0.261 e. The van der Waals surface area contributed by atoms with Crippen LogP contribution in [-0.4, -0.2) is 14.3 Å². The second kappa shape index (κ2) is 6.89. The lowest BCUT2D eigenvalue weighted by molar-refractivity contribution is 0.100. The molecule has 1 amide bonds. The zero-order valence-electron chi connectivity index (χ0n) is 13.7. The molecule has 0 aromatic heterocycles. The van der Waals surface area contributed by atoms with Gasteiger partial charge in [-0.15, -0.1) is 0 Å². The Balaban J connectivity index is 1.80. The quantitative estimate of drug-likeness (QED) is 0.601. The summed E-state index contributed by atoms with van der Waals surface area (Å²) in [7, 11) is -3.74. The number of nitrogens with one attached hydrogen (secondary N) is 1. The topological polar surface area (TPSA) is 115 Å². The summed E-state index contributed by atoms with van der Waals surface area (Å²) < 4.78 is 27.5. The number of rotatable bonds is 5. The summed E-state index contributed by atoms with van der Waals surface area (Å²) >= 11 is 0. The van der Waals surface area contributed by atoms with Gasteiger partial charge in [-0.3, -0.25) is 9.52 Å². The summed E-state index contributed by atoms with van der Waals surface area (Å²) in [4.78, 5) is 11.2. The van der Waals surface area contributed by atoms with Crippen molar-refractivity contribution >= 4 is 27.3 Å². The predicted octanol–water partition coefficient (Wildman–Crippen LogP) is 2.84. The van der Waals surface area contributed by atoms with Crippen LogP contribution in [0.1, 0.15) is 10.4 Å². The van der Waals surface area contributed by atoms with Gasteiger partial charge in [-0.25, -0.2) is 8.42 Å². The molecule has 0 saturated carbocycles. The molecule has 7 heteroatoms. The summed E-state index contributed by atoms with van der Waals surface area (Å²) in [6, 6.07) is 19.8. The van der Waals surface area contributed by atoms with Crippen LogP contribution in [0.5, 0.6) is 0 Å². The zero-order chi connectivity index (χ0) is 18.7. The molecular weight excluding hydrogens is 350 g/mol. The molecule has 0 aliphatic heterocycles. The number of nitrogens with two attached hydrogens (primary N) is 2. The summed E-state index contributed by atoms with van der Waals surface area (Å²) in [5, 5.41) is 0. The second-order valence-electron chi connectivity index (χ2n) is 5.69. The first kappa shape index (κ1) is 17.5. The van der Waals surface area contributed by atoms with Crippen LogP contribution in [0.15, 0.2) is 77.7 Å². The third kappa shape index (κ3) is 3.84. The molecule has 0 aliphatic rings. The highest BCUT2D eigenvalue weighted by Crippen LogP contribution is 2.23. The van der Waals surface area contributed by atoms with E-state index in [4.69, 9.17) is 11.5 Å². The van der Waals surface area contributed by atoms with Crippen LogP contribution in [0.4, 0.5) is 11.4 Å². The molecule has 0 aliphatic carbocycles. The molecule has 0 bridgehead atoms. The zero-order valence-corrected chi connectivity index (χ0v) is 14.5. The van der Waals surface area contributed by atoms with Crippen molar-refractivity contribution in [3.63, 3.8) is 0 Å². The average molecular weight is 367 g/mol. The number of hydrogen-bond acceptors (Lipinski definition) is 4. The Morgan fingerprint density at radius 2 is 1.27 bits per heavy atom. The lowest BCUT2D eigenvalue weighted by Gasteiger charge is -2.09. The van der Waals surface area contributed by atoms with Gasteiger partial charge in [0.2, 0.25) is 5.91 Å². The molecule has 0 saturated heterocycles. The fourth-order valence-corrected chi connectivity index (χ4v) is 3.48. The summed E-state index contributed by atoms with van der Waals surface area (Å²) in [5.41, 5.74) is 14.0. The number of carbonyl (C=O) groups is 1. The van der Waals surface area contributed by atoms with Crippen LogP contribution in [0.2, 0.25) is 0 Å². The van der Waals surface area contributed by atoms with Crippen LogP contribution in [-0.2, 0) is 10.0 Å². The van der Waals surface area contributed by atoms with Gasteiger partial charge in [-0.1, -0.05) is 24.3 Å². The van der Waals surface area contributed by atoms with Crippen LogP contribution < -0.4 is 16.2 Å². The van der Waals surface area contributed by atoms with Gasteiger partial charge in [0.1, 0.15) is 0 Å². The van der Waals surface area contributed by atoms with Crippen molar-refractivity contribution in [3.05, 3.63) is 78.4 Å². The minimum Gasteiger partial charge on any atom is -0.399 e. The fourth-order valence-electron chi connectivity index (χ4n) is 2.42. The minimum absolute atomic E-state index is 0.135. The molecule has 5 N–H and O–H groups in total. The van der Waals surface area contributed by atoms with Crippen LogP contribution in [0.3, 0.4) is 0 Å². The molecule has 0 unspecified atom stereocenters. The molecule has 0 atom stereocenters. The molecule has 6 nitrogen and oxygen atoms in total. The van der Waals surface area contributed by atoms with Gasteiger partial charge >= 0.3 is 0 Å². The molecule has 132 valence electrons. The Bertz CT molecular complexity index is 1030. The van der Waals surface area contributed by atoms with Gasteiger partial charge in [0, 0.05) is 16.9 Å². The van der Waals surface area contributed by atoms with Crippen LogP contribution in [0.25, 0.3) is 11.1 Å². The normalized spacial score (nSPS) is 11.1. The molecular formula is C19H17N3O3S. The predicted molar refractivity (Wildman–Crippen MR) is 102 cm³/mol. The van der Waals surface area contributed by atoms with Gasteiger partial charge in [0.05, 0.1) is 4.90 Å². The summed E-state index contributed by atoms with van der Waals surface area (Å²) in [6.07, 6.45) is 0. The SMILES string of the molecule is NC(=O)c1ccc(NS(=O)(=O)c2ccc(-c3ccc(N)cc3)cc2)cc1. The molecule has 3 rings (SSSR count). The maximum absolute atomic E-state index is 12.5. The molecule has 3 aromatic rings. The van der Waals surface area contributed by atoms with Gasteiger partial charge in [0.15, 0.2) is 0 Å². The molecule has 0 heterocycles. The number of amides is 1. The first-order chi connectivity index (χ1) is 12.3. The van der Waals surface area contributed by atoms with E-state index in [-0.39, 0.29) is 4.90 Å². The van der Waals surface area contributed by atoms with Gasteiger partial charge in [0.25, 0.3) is 10.0 Å². The standard InChI is InChI=1S/C19H17N3O3S/c20-16-7-1-13(2-8-16)14-5-11-18(12-6-14)26(24,25)22-17-9-3-15(4-10-17)19(21)23/h1-12,22H,20H2,(H2,21,23). The molecule has 3 aromatic carbocycles. The van der Waals surface area contributed by atoms with Gasteiger partial charge in [-0.2, -0.15) is 0 Å². The number of sulfonamides is 1. The number of benzene rings is 3. The largest absolute Gasteiger partial charge is 0.399 e. The van der Waals surface area contributed by atoms with Crippen molar-refractivity contribution in [2.75, 3.05) is 10.5 Å². The van der Waals surface area contributed by atoms with Gasteiger partial charge in [-0.05, 0) is 59.7 Å². The molecule has 0 radical (unpaired) electrons. The highest BCUT2D eigenvalue weighted by Gasteiger charge is 2.14. The monoisotopic (exact) mass is 367 g/mol. The van der Waals surface area contributed by atoms with Crippen molar-refractivity contribution in [1.82, 2.24) is 0 Å². The first-order valence-corrected chi connectivity index (χ1v) is 9.22. The Kier molecular flexibility index (Phi) is 4.64. The Hall–Kier alpha value is -3.32. The Labute approximate surface area is 151 Å². The van der Waals surface area contributed by atoms with Crippen molar-refractivity contribution < 1.29 is 13.2 Å². The highest BCUT2D eigenvalue weighted by molar-refractivity contribution is 7.92. The van der Waals surface area contributed by atoms with Crippen molar-refractivity contribution in [1.29, 1.82) is 0 Å². The number of anilines is 2. The second-order valence-corrected chi connectivity index (χ2v) is 7.38. The lowest BCUT2D eigenvalue weighted by Crippen LogP contribution is -2.14. The van der Waals surface area contributed by atoms with E-state index in [9.17, 15) is 13.2 Å². The maximum Gasteiger partial charge on any atom is 0.261 e. The number of nitrogen functional groups attached to an aromatic ring is 1. The first-order valence-electron chi connectivity index (χ1n) is 7.74. The number of carbonyl (C=O) groups excluding carboxylic acids is 1. The van der Waals surface area contributed by atoms with Crippen LogP contribution >= 0.6 is 0 Å². The number of hydrogen-bond donors (Lipinski definition) is 3. The van der Waals surface area contributed by atoms with E-state index in [0.717, 1.165) is 11.1 Å². The Morgan fingerprint density at radius 1 is 0.769 bits per heavy atom. The van der Waals surface area contributed by atoms with Crippen molar-refractivity contribution in [2.45, 2.75) is 4.90 Å². The van der Waals surface area contributed by atoms with Crippen molar-refractivity contribution in [3.8, 4) is 11.1 Å². The third-order valence-corrected chi connectivity index (χ3v) is 5.23. The van der Waals surface area contributed by atoms with E-state index in [1.165, 1.54) is 36.4 Å². The molecule has 0 fully saturated rings. The highest BCUT2D eigenvalue weighted by atomic mass is 32.2. The van der Waals surface area contributed by atoms with E-state index in [2.05, 4.69) is 4.72 Å². The Morgan fingerprint density at radius 3 is 1.77 bits per heavy atom. The average Bonchev–Trinajstić information content (AvgIpc) is 2.62. The lowest BCUT2D eigenvalue weighted by atomic mass is 10.1. The van der Waals surface area contributed by atoms with E-state index in [1.54, 1.807) is 24.3 Å². The number of primary amides is 1. The van der Waals surface area contributed by atoms with Crippen LogP contribution in [0, 0.1) is 0 Å². The van der Waals surface area contributed by atoms with Crippen molar-refractivity contribution in [2.24, 2.45) is 5.73 Å². The molecule has 0 spiro atoms. The third-order valence-electron chi connectivity index (χ3n) is 3.83. The van der Waals surface area contributed by atoms with E-state index in [0.29, 0.717) is 16.9 Å². The van der Waals surface area contributed by atoms with E-state index in [1.807, 2.05) is 12.1 Å². The van der Waals surface area contributed by atoms with E-state index < -0.39 is 15.9 Å². The maximum atomic E-state index is 12.5. The summed E-state index contributed by atoms with van der Waals surface area (Å²) in [6.45, 7) is 0.